The Morgan fingerprint density at radius 3 is 2.50 bits per heavy atom. The minimum Gasteiger partial charge on any atom is -0.465 e. The Kier molecular flexibility index (Phi) is 6.38. The van der Waals surface area contributed by atoms with Gasteiger partial charge in [-0.1, -0.05) is 30.3 Å². The molecule has 0 bridgehead atoms. The summed E-state index contributed by atoms with van der Waals surface area (Å²) in [5.74, 6) is -0.975. The lowest BCUT2D eigenvalue weighted by Crippen LogP contribution is -2.61. The van der Waals surface area contributed by atoms with Crippen molar-refractivity contribution in [3.8, 4) is 17.3 Å². The number of nitrogens with one attached hydrogen (secondary N) is 1. The topological polar surface area (TPSA) is 138 Å². The van der Waals surface area contributed by atoms with Crippen LogP contribution in [-0.4, -0.2) is 51.9 Å². The number of oxazole rings is 1. The van der Waals surface area contributed by atoms with Crippen LogP contribution in [0, 0.1) is 11.5 Å². The van der Waals surface area contributed by atoms with Crippen LogP contribution in [-0.2, 0) is 23.0 Å². The first-order valence-corrected chi connectivity index (χ1v) is 10.8. The Morgan fingerprint density at radius 1 is 1.18 bits per heavy atom. The summed E-state index contributed by atoms with van der Waals surface area (Å²) >= 11 is 0. The van der Waals surface area contributed by atoms with E-state index in [4.69, 9.17) is 9.15 Å². The second-order valence-corrected chi connectivity index (χ2v) is 8.24. The Labute approximate surface area is 194 Å². The molecular formula is C24H24N4O6. The van der Waals surface area contributed by atoms with Crippen LogP contribution in [0.1, 0.15) is 18.4 Å². The van der Waals surface area contributed by atoms with Gasteiger partial charge in [0.25, 0.3) is 5.91 Å². The van der Waals surface area contributed by atoms with Gasteiger partial charge in [-0.2, -0.15) is 5.26 Å². The molecule has 10 heteroatoms. The molecule has 34 heavy (non-hydrogen) atoms. The number of aromatic nitrogens is 1. The van der Waals surface area contributed by atoms with Crippen LogP contribution in [0.4, 0.5) is 4.79 Å². The van der Waals surface area contributed by atoms with Gasteiger partial charge in [0, 0.05) is 39.6 Å². The van der Waals surface area contributed by atoms with Crippen LogP contribution >= 0.6 is 0 Å². The maximum Gasteiger partial charge on any atom is 0.419 e. The number of nitrogens with zero attached hydrogens (tertiary/aromatic N) is 3. The van der Waals surface area contributed by atoms with Crippen molar-refractivity contribution in [2.75, 3.05) is 19.8 Å². The van der Waals surface area contributed by atoms with Crippen LogP contribution in [0.2, 0.25) is 0 Å². The molecule has 2 aromatic carbocycles. The van der Waals surface area contributed by atoms with E-state index in [1.165, 1.54) is 4.57 Å². The summed E-state index contributed by atoms with van der Waals surface area (Å²) in [6.07, 6.45) is 1.38. The zero-order valence-corrected chi connectivity index (χ0v) is 18.6. The van der Waals surface area contributed by atoms with Crippen LogP contribution in [0.5, 0.6) is 0 Å². The normalized spacial score (nSPS) is 14.9. The van der Waals surface area contributed by atoms with Crippen molar-refractivity contribution in [2.45, 2.75) is 24.8 Å². The van der Waals surface area contributed by atoms with Gasteiger partial charge in [0.15, 0.2) is 11.8 Å². The van der Waals surface area contributed by atoms with E-state index < -0.39 is 23.3 Å². The highest BCUT2D eigenvalue weighted by molar-refractivity contribution is 5.91. The summed E-state index contributed by atoms with van der Waals surface area (Å²) in [5.41, 5.74) is 2.65. The lowest BCUT2D eigenvalue weighted by molar-refractivity contribution is -0.139. The average molecular weight is 464 g/mol. The molecule has 1 saturated heterocycles. The van der Waals surface area contributed by atoms with Crippen molar-refractivity contribution < 1.29 is 23.8 Å². The molecule has 2 heterocycles. The number of hydrogen-bond donors (Lipinski definition) is 2. The Morgan fingerprint density at radius 2 is 1.85 bits per heavy atom. The van der Waals surface area contributed by atoms with Gasteiger partial charge in [-0.15, -0.1) is 0 Å². The summed E-state index contributed by atoms with van der Waals surface area (Å²) in [6.45, 7) is 0.610. The third kappa shape index (κ3) is 4.51. The summed E-state index contributed by atoms with van der Waals surface area (Å²) < 4.78 is 11.9. The van der Waals surface area contributed by atoms with Crippen LogP contribution < -0.4 is 11.1 Å². The molecule has 2 N–H and O–H groups in total. The molecule has 0 radical (unpaired) electrons. The molecule has 3 aromatic rings. The van der Waals surface area contributed by atoms with Gasteiger partial charge in [0.2, 0.25) is 0 Å². The van der Waals surface area contributed by atoms with Gasteiger partial charge < -0.3 is 19.6 Å². The Bertz CT molecular complexity index is 1310. The number of carbonyl (C=O) groups excluding carboxylic acids is 1. The Balaban J connectivity index is 1.46. The number of hydrogen-bond acceptors (Lipinski definition) is 6. The van der Waals surface area contributed by atoms with Crippen LogP contribution in [0.15, 0.2) is 51.7 Å². The molecular weight excluding hydrogens is 440 g/mol. The molecule has 10 nitrogen and oxygen atoms in total. The molecule has 1 aliphatic rings. The number of fused-ring (bicyclic) bond motifs is 1. The van der Waals surface area contributed by atoms with Gasteiger partial charge >= 0.3 is 11.8 Å². The standard InChI is InChI=1S/C24H24N4O6/c1-27-19-14-18(6-7-20(19)34-23(27)32)17-4-2-16(3-5-17)8-11-28(15-25)21(29)24(26-22(30)31)9-12-33-13-10-24/h2-7,14,26H,8-13H2,1H3,(H,30,31). The first-order chi connectivity index (χ1) is 16.3. The highest BCUT2D eigenvalue weighted by Crippen LogP contribution is 2.26. The van der Waals surface area contributed by atoms with Gasteiger partial charge in [-0.05, 0) is 35.2 Å². The second kappa shape index (κ2) is 9.41. The lowest BCUT2D eigenvalue weighted by Gasteiger charge is -2.37. The van der Waals surface area contributed by atoms with Crippen molar-refractivity contribution in [3.05, 3.63) is 58.6 Å². The summed E-state index contributed by atoms with van der Waals surface area (Å²) in [6, 6.07) is 13.2. The highest BCUT2D eigenvalue weighted by atomic mass is 16.5. The van der Waals surface area contributed by atoms with Gasteiger partial charge in [-0.3, -0.25) is 9.36 Å². The van der Waals surface area contributed by atoms with Crippen LogP contribution in [0.25, 0.3) is 22.2 Å². The largest absolute Gasteiger partial charge is 0.465 e. The minimum atomic E-state index is -1.35. The minimum absolute atomic E-state index is 0.127. The maximum absolute atomic E-state index is 13.1. The van der Waals surface area contributed by atoms with Gasteiger partial charge in [0.05, 0.1) is 5.52 Å². The lowest BCUT2D eigenvalue weighted by atomic mass is 9.88. The molecule has 0 unspecified atom stereocenters. The zero-order chi connectivity index (χ0) is 24.3. The van der Waals surface area contributed by atoms with E-state index >= 15 is 0 Å². The van der Waals surface area contributed by atoms with Crippen molar-refractivity contribution in [1.82, 2.24) is 14.8 Å². The fourth-order valence-corrected chi connectivity index (χ4v) is 4.18. The van der Waals surface area contributed by atoms with E-state index in [-0.39, 0.29) is 32.6 Å². The zero-order valence-electron chi connectivity index (χ0n) is 18.6. The van der Waals surface area contributed by atoms with E-state index in [2.05, 4.69) is 5.32 Å². The monoisotopic (exact) mass is 464 g/mol. The van der Waals surface area contributed by atoms with Crippen molar-refractivity contribution >= 4 is 23.1 Å². The molecule has 2 amide bonds. The molecule has 0 spiro atoms. The maximum atomic E-state index is 13.1. The predicted molar refractivity (Wildman–Crippen MR) is 122 cm³/mol. The quantitative estimate of drug-likeness (QED) is 0.422. The van der Waals surface area contributed by atoms with Gasteiger partial charge in [0.1, 0.15) is 5.54 Å². The first-order valence-electron chi connectivity index (χ1n) is 10.8. The van der Waals surface area contributed by atoms with Crippen molar-refractivity contribution in [1.29, 1.82) is 5.26 Å². The number of ether oxygens (including phenoxy) is 1. The molecule has 0 atom stereocenters. The molecule has 0 saturated carbocycles. The second-order valence-electron chi connectivity index (χ2n) is 8.24. The third-order valence-corrected chi connectivity index (χ3v) is 6.17. The molecule has 1 fully saturated rings. The SMILES string of the molecule is Cn1c(=O)oc2ccc(-c3ccc(CCN(C#N)C(=O)C4(NC(=O)O)CCOCC4)cc3)cc21. The average Bonchev–Trinajstić information content (AvgIpc) is 3.12. The number of aryl methyl sites for hydroxylation is 1. The number of carbonyl (C=O) groups is 2. The molecule has 4 rings (SSSR count). The highest BCUT2D eigenvalue weighted by Gasteiger charge is 2.44. The molecule has 1 aromatic heterocycles. The van der Waals surface area contributed by atoms with Crippen LogP contribution in [0.3, 0.4) is 0 Å². The summed E-state index contributed by atoms with van der Waals surface area (Å²) in [4.78, 5) is 37.1. The van der Waals surface area contributed by atoms with E-state index in [1.54, 1.807) is 13.1 Å². The summed E-state index contributed by atoms with van der Waals surface area (Å²) in [7, 11) is 1.65. The van der Waals surface area contributed by atoms with E-state index in [0.29, 0.717) is 17.5 Å². The van der Waals surface area contributed by atoms with Crippen molar-refractivity contribution in [2.24, 2.45) is 7.05 Å². The number of nitriles is 1. The summed E-state index contributed by atoms with van der Waals surface area (Å²) in [5, 5.41) is 21.1. The number of rotatable bonds is 6. The molecule has 176 valence electrons. The fourth-order valence-electron chi connectivity index (χ4n) is 4.18. The number of amides is 2. The Hall–Kier alpha value is -4.10. The smallest absolute Gasteiger partial charge is 0.419 e. The molecule has 1 aliphatic heterocycles. The predicted octanol–water partition coefficient (Wildman–Crippen LogP) is 2.47. The number of carboxylic acid groups (broad SMARTS) is 1. The fraction of sp³-hybridized carbons (Fsp3) is 0.333. The first kappa shape index (κ1) is 23.1. The van der Waals surface area contributed by atoms with E-state index in [0.717, 1.165) is 21.6 Å². The third-order valence-electron chi connectivity index (χ3n) is 6.17. The van der Waals surface area contributed by atoms with E-state index in [9.17, 15) is 24.8 Å². The number of benzene rings is 2. The van der Waals surface area contributed by atoms with E-state index in [1.807, 2.05) is 42.6 Å². The molecule has 0 aliphatic carbocycles. The van der Waals surface area contributed by atoms with Gasteiger partial charge in [-0.25, -0.2) is 14.5 Å². The van der Waals surface area contributed by atoms with Crippen molar-refractivity contribution in [3.63, 3.8) is 0 Å².